The highest BCUT2D eigenvalue weighted by atomic mass is 16.5. The van der Waals surface area contributed by atoms with Crippen LogP contribution in [0.5, 0.6) is 5.75 Å². The van der Waals surface area contributed by atoms with Gasteiger partial charge in [-0.3, -0.25) is 9.59 Å². The normalized spacial score (nSPS) is 20.4. The Morgan fingerprint density at radius 1 is 1.24 bits per heavy atom. The second-order valence-corrected chi connectivity index (χ2v) is 7.67. The minimum atomic E-state index is -0.118. The molecule has 2 atom stereocenters. The maximum Gasteiger partial charge on any atom is 0.253 e. The van der Waals surface area contributed by atoms with Gasteiger partial charge in [-0.15, -0.1) is 0 Å². The molecule has 0 saturated heterocycles. The third kappa shape index (κ3) is 3.86. The van der Waals surface area contributed by atoms with Crippen LogP contribution in [0.25, 0.3) is 0 Å². The number of hydrogen-bond acceptors (Lipinski definition) is 3. The summed E-state index contributed by atoms with van der Waals surface area (Å²) in [4.78, 5) is 26.4. The number of amides is 2. The molecule has 0 unspecified atom stereocenters. The Hall–Kier alpha value is -2.30. The zero-order valence-corrected chi connectivity index (χ0v) is 16.1. The van der Waals surface area contributed by atoms with Crippen LogP contribution in [0.3, 0.4) is 0 Å². The van der Waals surface area contributed by atoms with Crippen LogP contribution < -0.4 is 10.1 Å². The van der Waals surface area contributed by atoms with Gasteiger partial charge in [0.1, 0.15) is 5.75 Å². The first-order chi connectivity index (χ1) is 11.6. The van der Waals surface area contributed by atoms with E-state index in [-0.39, 0.29) is 29.1 Å². The van der Waals surface area contributed by atoms with E-state index in [9.17, 15) is 9.59 Å². The lowest BCUT2D eigenvalue weighted by Gasteiger charge is -2.14. The fraction of sp³-hybridized carbons (Fsp3) is 0.500. The van der Waals surface area contributed by atoms with Crippen molar-refractivity contribution in [3.05, 3.63) is 35.4 Å². The maximum atomic E-state index is 12.8. The molecular formula is C20H28N2O3. The number of hydrogen-bond donors (Lipinski definition) is 1. The largest absolute Gasteiger partial charge is 0.495 e. The number of rotatable bonds is 5. The molecule has 0 aromatic heterocycles. The number of methoxy groups -OCH3 is 1. The fourth-order valence-electron chi connectivity index (χ4n) is 3.26. The first kappa shape index (κ1) is 19.0. The summed E-state index contributed by atoms with van der Waals surface area (Å²) < 4.78 is 5.33. The first-order valence-corrected chi connectivity index (χ1v) is 8.45. The number of allylic oxidation sites excluding steroid dienone is 2. The Morgan fingerprint density at radius 3 is 2.40 bits per heavy atom. The van der Waals surface area contributed by atoms with Crippen LogP contribution >= 0.6 is 0 Å². The molecule has 1 aliphatic carbocycles. The molecule has 1 fully saturated rings. The van der Waals surface area contributed by atoms with Crippen LogP contribution in [0.4, 0.5) is 5.69 Å². The summed E-state index contributed by atoms with van der Waals surface area (Å²) in [5.74, 6) is 0.531. The quantitative estimate of drug-likeness (QED) is 0.831. The molecule has 0 radical (unpaired) electrons. The van der Waals surface area contributed by atoms with Crippen LogP contribution in [0.2, 0.25) is 0 Å². The number of carbonyl (C=O) groups is 2. The van der Waals surface area contributed by atoms with Crippen molar-refractivity contribution in [3.8, 4) is 5.75 Å². The molecule has 25 heavy (non-hydrogen) atoms. The predicted molar refractivity (Wildman–Crippen MR) is 99.8 cm³/mol. The van der Waals surface area contributed by atoms with Gasteiger partial charge in [-0.05, 0) is 43.4 Å². The van der Waals surface area contributed by atoms with E-state index in [1.165, 1.54) is 10.5 Å². The van der Waals surface area contributed by atoms with Gasteiger partial charge < -0.3 is 15.0 Å². The standard InChI is InChI=1S/C20H28N2O3/c1-12(2)10-14-17(20(14,3)4)18(23)21-15-11-13(19(24)22(5)6)8-9-16(15)25-7/h8-11,14,17H,1-7H3,(H,21,23)/t14-,17-/m1/s1. The van der Waals surface area contributed by atoms with Gasteiger partial charge >= 0.3 is 0 Å². The molecule has 1 aromatic rings. The van der Waals surface area contributed by atoms with E-state index in [1.54, 1.807) is 39.4 Å². The van der Waals surface area contributed by atoms with Crippen molar-refractivity contribution in [2.24, 2.45) is 17.3 Å². The van der Waals surface area contributed by atoms with E-state index < -0.39 is 0 Å². The number of nitrogens with one attached hydrogen (secondary N) is 1. The van der Waals surface area contributed by atoms with E-state index >= 15 is 0 Å². The Kier molecular flexibility index (Phi) is 5.26. The van der Waals surface area contributed by atoms with E-state index in [0.29, 0.717) is 17.0 Å². The zero-order chi connectivity index (χ0) is 18.9. The predicted octanol–water partition coefficient (Wildman–Crippen LogP) is 3.57. The van der Waals surface area contributed by atoms with Crippen molar-refractivity contribution in [1.29, 1.82) is 0 Å². The highest BCUT2D eigenvalue weighted by molar-refractivity contribution is 6.00. The maximum absolute atomic E-state index is 12.8. The van der Waals surface area contributed by atoms with Crippen LogP contribution in [-0.4, -0.2) is 37.9 Å². The number of nitrogens with zero attached hydrogens (tertiary/aromatic N) is 1. The zero-order valence-electron chi connectivity index (χ0n) is 16.1. The van der Waals surface area contributed by atoms with Crippen molar-refractivity contribution < 1.29 is 14.3 Å². The average molecular weight is 344 g/mol. The van der Waals surface area contributed by atoms with Gasteiger partial charge in [0.05, 0.1) is 18.7 Å². The molecule has 0 bridgehead atoms. The molecule has 136 valence electrons. The number of anilines is 1. The Morgan fingerprint density at radius 2 is 1.88 bits per heavy atom. The van der Waals surface area contributed by atoms with Crippen LogP contribution in [0.1, 0.15) is 38.1 Å². The molecule has 0 heterocycles. The van der Waals surface area contributed by atoms with Crippen molar-refractivity contribution in [1.82, 2.24) is 4.90 Å². The van der Waals surface area contributed by atoms with E-state index in [0.717, 1.165) is 0 Å². The van der Waals surface area contributed by atoms with Crippen molar-refractivity contribution in [2.45, 2.75) is 27.7 Å². The lowest BCUT2D eigenvalue weighted by atomic mass is 10.1. The summed E-state index contributed by atoms with van der Waals surface area (Å²) in [6.07, 6.45) is 2.16. The molecule has 0 aliphatic heterocycles. The van der Waals surface area contributed by atoms with Crippen molar-refractivity contribution >= 4 is 17.5 Å². The van der Waals surface area contributed by atoms with Gasteiger partial charge in [0.15, 0.2) is 0 Å². The molecule has 2 amide bonds. The Labute approximate surface area is 150 Å². The van der Waals surface area contributed by atoms with Crippen LogP contribution in [0, 0.1) is 17.3 Å². The highest BCUT2D eigenvalue weighted by Crippen LogP contribution is 2.59. The van der Waals surface area contributed by atoms with E-state index in [4.69, 9.17) is 4.74 Å². The number of carbonyl (C=O) groups excluding carboxylic acids is 2. The van der Waals surface area contributed by atoms with Gasteiger partial charge in [-0.1, -0.05) is 25.5 Å². The third-order valence-electron chi connectivity index (χ3n) is 4.82. The molecule has 5 nitrogen and oxygen atoms in total. The molecule has 5 heteroatoms. The Balaban J connectivity index is 2.24. The number of benzene rings is 1. The molecule has 2 rings (SSSR count). The third-order valence-corrected chi connectivity index (χ3v) is 4.82. The Bertz CT molecular complexity index is 716. The SMILES string of the molecule is COc1ccc(C(=O)N(C)C)cc1NC(=O)[C@H]1[C@@H](C=C(C)C)C1(C)C. The van der Waals surface area contributed by atoms with Crippen LogP contribution in [-0.2, 0) is 4.79 Å². The van der Waals surface area contributed by atoms with Gasteiger partial charge in [0.2, 0.25) is 5.91 Å². The molecule has 0 spiro atoms. The average Bonchev–Trinajstić information content (AvgIpc) is 3.06. The van der Waals surface area contributed by atoms with Gasteiger partial charge in [-0.2, -0.15) is 0 Å². The molecule has 1 N–H and O–H groups in total. The molecular weight excluding hydrogens is 316 g/mol. The minimum absolute atomic E-state index is 0.0414. The van der Waals surface area contributed by atoms with Crippen LogP contribution in [0.15, 0.2) is 29.8 Å². The van der Waals surface area contributed by atoms with Gasteiger partial charge in [0, 0.05) is 19.7 Å². The first-order valence-electron chi connectivity index (χ1n) is 8.45. The van der Waals surface area contributed by atoms with Crippen molar-refractivity contribution in [2.75, 3.05) is 26.5 Å². The molecule has 1 aliphatic rings. The summed E-state index contributed by atoms with van der Waals surface area (Å²) in [6.45, 7) is 8.29. The monoisotopic (exact) mass is 344 g/mol. The summed E-state index contributed by atoms with van der Waals surface area (Å²) in [5.41, 5.74) is 2.19. The molecule has 1 aromatic carbocycles. The van der Waals surface area contributed by atoms with Gasteiger partial charge in [-0.25, -0.2) is 0 Å². The lowest BCUT2D eigenvalue weighted by molar-refractivity contribution is -0.118. The summed E-state index contributed by atoms with van der Waals surface area (Å²) in [7, 11) is 4.94. The fourth-order valence-corrected chi connectivity index (χ4v) is 3.26. The lowest BCUT2D eigenvalue weighted by Crippen LogP contribution is -2.22. The van der Waals surface area contributed by atoms with Gasteiger partial charge in [0.25, 0.3) is 5.91 Å². The summed E-state index contributed by atoms with van der Waals surface area (Å²) in [6, 6.07) is 5.08. The second-order valence-electron chi connectivity index (χ2n) is 7.67. The summed E-state index contributed by atoms with van der Waals surface area (Å²) >= 11 is 0. The molecule has 1 saturated carbocycles. The number of ether oxygens (including phenoxy) is 1. The highest BCUT2D eigenvalue weighted by Gasteiger charge is 2.60. The van der Waals surface area contributed by atoms with E-state index in [1.807, 2.05) is 13.8 Å². The second kappa shape index (κ2) is 6.90. The minimum Gasteiger partial charge on any atom is -0.495 e. The topological polar surface area (TPSA) is 58.6 Å². The van der Waals surface area contributed by atoms with Crippen molar-refractivity contribution in [3.63, 3.8) is 0 Å². The summed E-state index contributed by atoms with van der Waals surface area (Å²) in [5, 5.41) is 2.95. The smallest absolute Gasteiger partial charge is 0.253 e. The van der Waals surface area contributed by atoms with E-state index in [2.05, 4.69) is 25.2 Å².